The van der Waals surface area contributed by atoms with Crippen LogP contribution in [0.5, 0.6) is 5.75 Å². The molecule has 2 heterocycles. The molecule has 1 fully saturated rings. The van der Waals surface area contributed by atoms with Crippen molar-refractivity contribution < 1.29 is 14.1 Å². The Bertz CT molecular complexity index is 1050. The lowest BCUT2D eigenvalue weighted by Crippen LogP contribution is -2.29. The first-order valence-corrected chi connectivity index (χ1v) is 10.4. The van der Waals surface area contributed by atoms with E-state index in [0.717, 1.165) is 29.6 Å². The van der Waals surface area contributed by atoms with Crippen LogP contribution in [0.4, 0.5) is 0 Å². The highest BCUT2D eigenvalue weighted by atomic mass is 16.5. The first-order chi connectivity index (χ1) is 14.7. The molecular weight excluding hydrogens is 380 g/mol. The molecule has 1 aliphatic rings. The summed E-state index contributed by atoms with van der Waals surface area (Å²) in [7, 11) is 1.62. The Labute approximate surface area is 175 Å². The third-order valence-electron chi connectivity index (χ3n) is 5.37. The standard InChI is InChI=1S/C23H26N4O3/c1-29-19-12-10-17(11-13-19)23-25-21(30-26-23)14-15-22(28)27-16-6-5-9-20(27)24-18-7-3-2-4-8-18/h5-6,9-13,16,18H,2-4,7-8,14-15H2,1H3. The Balaban J connectivity index is 1.43. The van der Waals surface area contributed by atoms with E-state index in [1.165, 1.54) is 19.3 Å². The minimum absolute atomic E-state index is 0.0330. The van der Waals surface area contributed by atoms with Gasteiger partial charge in [-0.2, -0.15) is 4.98 Å². The maximum atomic E-state index is 12.8. The zero-order valence-corrected chi connectivity index (χ0v) is 17.2. The zero-order chi connectivity index (χ0) is 20.8. The van der Waals surface area contributed by atoms with Crippen molar-refractivity contribution in [3.8, 4) is 17.1 Å². The first-order valence-electron chi connectivity index (χ1n) is 10.4. The molecule has 0 N–H and O–H groups in total. The number of aromatic nitrogens is 3. The van der Waals surface area contributed by atoms with Crippen LogP contribution in [0.2, 0.25) is 0 Å². The van der Waals surface area contributed by atoms with E-state index < -0.39 is 0 Å². The summed E-state index contributed by atoms with van der Waals surface area (Å²) >= 11 is 0. The van der Waals surface area contributed by atoms with Gasteiger partial charge in [0.25, 0.3) is 0 Å². The number of methoxy groups -OCH3 is 1. The van der Waals surface area contributed by atoms with Gasteiger partial charge in [0.15, 0.2) is 0 Å². The summed E-state index contributed by atoms with van der Waals surface area (Å²) in [6, 6.07) is 13.4. The van der Waals surface area contributed by atoms with Crippen molar-refractivity contribution >= 4 is 5.91 Å². The third-order valence-corrected chi connectivity index (χ3v) is 5.37. The highest BCUT2D eigenvalue weighted by Crippen LogP contribution is 2.21. The number of nitrogens with zero attached hydrogens (tertiary/aromatic N) is 4. The van der Waals surface area contributed by atoms with Gasteiger partial charge in [-0.1, -0.05) is 30.5 Å². The summed E-state index contributed by atoms with van der Waals surface area (Å²) in [6.07, 6.45) is 8.32. The minimum Gasteiger partial charge on any atom is -0.497 e. The lowest BCUT2D eigenvalue weighted by atomic mass is 9.96. The lowest BCUT2D eigenvalue weighted by molar-refractivity contribution is 0.0893. The van der Waals surface area contributed by atoms with Crippen molar-refractivity contribution in [1.29, 1.82) is 0 Å². The van der Waals surface area contributed by atoms with E-state index in [1.807, 2.05) is 42.5 Å². The Morgan fingerprint density at radius 1 is 1.17 bits per heavy atom. The Morgan fingerprint density at radius 3 is 2.73 bits per heavy atom. The number of rotatable bonds is 6. The first kappa shape index (κ1) is 20.1. The van der Waals surface area contributed by atoms with Gasteiger partial charge in [-0.25, -0.2) is 0 Å². The van der Waals surface area contributed by atoms with Crippen molar-refractivity contribution in [3.63, 3.8) is 0 Å². The second-order valence-corrected chi connectivity index (χ2v) is 7.48. The normalized spacial score (nSPS) is 15.3. The van der Waals surface area contributed by atoms with Crippen LogP contribution >= 0.6 is 0 Å². The third kappa shape index (κ3) is 4.84. The monoisotopic (exact) mass is 406 g/mol. The Morgan fingerprint density at radius 2 is 1.97 bits per heavy atom. The number of ether oxygens (including phenoxy) is 1. The fourth-order valence-corrected chi connectivity index (χ4v) is 3.70. The molecule has 3 aromatic rings. The average Bonchev–Trinajstić information content (AvgIpc) is 3.28. The number of benzene rings is 1. The number of aryl methyl sites for hydroxylation is 1. The van der Waals surface area contributed by atoms with Crippen LogP contribution in [-0.2, 0) is 6.42 Å². The van der Waals surface area contributed by atoms with Crippen molar-refractivity contribution in [3.05, 3.63) is 60.0 Å². The minimum atomic E-state index is -0.0330. The Kier molecular flexibility index (Phi) is 6.37. The molecule has 0 amide bonds. The molecular formula is C23H26N4O3. The predicted octanol–water partition coefficient (Wildman–Crippen LogP) is 4.05. The maximum absolute atomic E-state index is 12.8. The average molecular weight is 406 g/mol. The number of hydrogen-bond acceptors (Lipinski definition) is 6. The number of pyridine rings is 1. The molecule has 0 spiro atoms. The van der Waals surface area contributed by atoms with Gasteiger partial charge in [-0.05, 0) is 49.2 Å². The summed E-state index contributed by atoms with van der Waals surface area (Å²) in [5, 5.41) is 4.02. The van der Waals surface area contributed by atoms with Gasteiger partial charge < -0.3 is 9.26 Å². The largest absolute Gasteiger partial charge is 0.497 e. The van der Waals surface area contributed by atoms with E-state index in [4.69, 9.17) is 14.3 Å². The van der Waals surface area contributed by atoms with E-state index in [0.29, 0.717) is 24.2 Å². The molecule has 0 aliphatic heterocycles. The topological polar surface area (TPSA) is 82.5 Å². The molecule has 7 nitrogen and oxygen atoms in total. The highest BCUT2D eigenvalue weighted by Gasteiger charge is 2.14. The molecule has 4 rings (SSSR count). The molecule has 30 heavy (non-hydrogen) atoms. The molecule has 1 saturated carbocycles. The van der Waals surface area contributed by atoms with Crippen molar-refractivity contribution in [2.75, 3.05) is 7.11 Å². The fraction of sp³-hybridized carbons (Fsp3) is 0.391. The predicted molar refractivity (Wildman–Crippen MR) is 112 cm³/mol. The SMILES string of the molecule is COc1ccc(-c2noc(CCC(=O)n3ccccc3=NC3CCCCC3)n2)cc1. The number of carbonyl (C=O) groups is 1. The molecule has 7 heteroatoms. The molecule has 0 saturated heterocycles. The molecule has 0 radical (unpaired) electrons. The van der Waals surface area contributed by atoms with Crippen LogP contribution in [-0.4, -0.2) is 33.8 Å². The van der Waals surface area contributed by atoms with E-state index in [-0.39, 0.29) is 12.3 Å². The van der Waals surface area contributed by atoms with Crippen LogP contribution in [0.15, 0.2) is 58.2 Å². The smallest absolute Gasteiger partial charge is 0.232 e. The van der Waals surface area contributed by atoms with Crippen LogP contribution in [0.25, 0.3) is 11.4 Å². The van der Waals surface area contributed by atoms with Crippen LogP contribution in [0.3, 0.4) is 0 Å². The second kappa shape index (κ2) is 9.52. The fourth-order valence-electron chi connectivity index (χ4n) is 3.70. The maximum Gasteiger partial charge on any atom is 0.232 e. The Hall–Kier alpha value is -3.22. The van der Waals surface area contributed by atoms with Crippen molar-refractivity contribution in [2.45, 2.75) is 51.0 Å². The second-order valence-electron chi connectivity index (χ2n) is 7.48. The zero-order valence-electron chi connectivity index (χ0n) is 17.2. The van der Waals surface area contributed by atoms with Crippen LogP contribution in [0, 0.1) is 0 Å². The quantitative estimate of drug-likeness (QED) is 0.617. The van der Waals surface area contributed by atoms with Crippen molar-refractivity contribution in [2.24, 2.45) is 4.99 Å². The number of hydrogen-bond donors (Lipinski definition) is 0. The van der Waals surface area contributed by atoms with Gasteiger partial charge >= 0.3 is 0 Å². The molecule has 2 aromatic heterocycles. The summed E-state index contributed by atoms with van der Waals surface area (Å²) in [5.41, 5.74) is 1.56. The molecule has 1 aromatic carbocycles. The van der Waals surface area contributed by atoms with E-state index >= 15 is 0 Å². The summed E-state index contributed by atoms with van der Waals surface area (Å²) in [6.45, 7) is 0. The van der Waals surface area contributed by atoms with E-state index in [1.54, 1.807) is 17.9 Å². The van der Waals surface area contributed by atoms with Crippen molar-refractivity contribution in [1.82, 2.24) is 14.7 Å². The number of carbonyl (C=O) groups excluding carboxylic acids is 1. The van der Waals surface area contributed by atoms with Crippen LogP contribution < -0.4 is 10.2 Å². The van der Waals surface area contributed by atoms with Gasteiger partial charge in [0.1, 0.15) is 11.2 Å². The summed E-state index contributed by atoms with van der Waals surface area (Å²) in [4.78, 5) is 22.1. The highest BCUT2D eigenvalue weighted by molar-refractivity contribution is 5.78. The summed E-state index contributed by atoms with van der Waals surface area (Å²) in [5.74, 6) is 1.67. The van der Waals surface area contributed by atoms with Gasteiger partial charge in [0.05, 0.1) is 13.2 Å². The van der Waals surface area contributed by atoms with E-state index in [2.05, 4.69) is 10.1 Å². The van der Waals surface area contributed by atoms with Gasteiger partial charge in [-0.3, -0.25) is 14.4 Å². The lowest BCUT2D eigenvalue weighted by Gasteiger charge is -2.17. The molecule has 0 atom stereocenters. The van der Waals surface area contributed by atoms with E-state index in [9.17, 15) is 4.79 Å². The van der Waals surface area contributed by atoms with Gasteiger partial charge in [0, 0.05) is 24.6 Å². The van der Waals surface area contributed by atoms with Gasteiger partial charge in [-0.15, -0.1) is 0 Å². The molecule has 156 valence electrons. The van der Waals surface area contributed by atoms with Gasteiger partial charge in [0.2, 0.25) is 17.6 Å². The molecule has 1 aliphatic carbocycles. The van der Waals surface area contributed by atoms with Crippen LogP contribution in [0.1, 0.15) is 49.2 Å². The summed E-state index contributed by atoms with van der Waals surface area (Å²) < 4.78 is 12.1. The molecule has 0 bridgehead atoms. The molecule has 0 unspecified atom stereocenters.